The van der Waals surface area contributed by atoms with Crippen molar-refractivity contribution in [2.24, 2.45) is 0 Å². The standard InChI is InChI=1S/C18H20N4O6/c1-20(2)11-17(12-4-6-16(28-3)7-5-12)19-18(23)13-8-14(21(24)25)10-15(9-13)22(26)27/h4-10,17H,11H2,1-3H3,(H,19,23). The number of likely N-dealkylation sites (N-methyl/N-ethyl adjacent to an activating group) is 1. The van der Waals surface area contributed by atoms with Gasteiger partial charge in [-0.25, -0.2) is 0 Å². The number of rotatable bonds is 8. The number of hydrogen-bond donors (Lipinski definition) is 1. The molecule has 1 atom stereocenters. The molecule has 0 aliphatic rings. The van der Waals surface area contributed by atoms with Crippen LogP contribution in [-0.2, 0) is 0 Å². The summed E-state index contributed by atoms with van der Waals surface area (Å²) in [4.78, 5) is 35.1. The average Bonchev–Trinajstić information content (AvgIpc) is 2.66. The van der Waals surface area contributed by atoms with Crippen molar-refractivity contribution in [1.82, 2.24) is 10.2 Å². The minimum atomic E-state index is -0.773. The van der Waals surface area contributed by atoms with Gasteiger partial charge in [0, 0.05) is 18.7 Å². The third-order valence-corrected chi connectivity index (χ3v) is 3.96. The van der Waals surface area contributed by atoms with Crippen LogP contribution in [0.15, 0.2) is 42.5 Å². The van der Waals surface area contributed by atoms with Crippen LogP contribution in [0.25, 0.3) is 0 Å². The number of nitro groups is 2. The van der Waals surface area contributed by atoms with E-state index in [1.165, 1.54) is 0 Å². The molecule has 10 nitrogen and oxygen atoms in total. The lowest BCUT2D eigenvalue weighted by Crippen LogP contribution is -2.35. The molecule has 1 amide bonds. The molecule has 28 heavy (non-hydrogen) atoms. The van der Waals surface area contributed by atoms with E-state index in [1.54, 1.807) is 31.4 Å². The van der Waals surface area contributed by atoms with Gasteiger partial charge in [-0.15, -0.1) is 0 Å². The summed E-state index contributed by atoms with van der Waals surface area (Å²) in [6.45, 7) is 0.453. The molecule has 0 aliphatic heterocycles. The average molecular weight is 388 g/mol. The summed E-state index contributed by atoms with van der Waals surface area (Å²) < 4.78 is 5.13. The minimum absolute atomic E-state index is 0.154. The number of methoxy groups -OCH3 is 1. The van der Waals surface area contributed by atoms with E-state index >= 15 is 0 Å². The maximum atomic E-state index is 12.7. The van der Waals surface area contributed by atoms with Crippen LogP contribution in [-0.4, -0.2) is 48.4 Å². The summed E-state index contributed by atoms with van der Waals surface area (Å²) in [7, 11) is 5.21. The zero-order chi connectivity index (χ0) is 20.8. The normalized spacial score (nSPS) is 11.7. The highest BCUT2D eigenvalue weighted by atomic mass is 16.6. The van der Waals surface area contributed by atoms with Gasteiger partial charge >= 0.3 is 0 Å². The van der Waals surface area contributed by atoms with E-state index in [0.717, 1.165) is 23.8 Å². The highest BCUT2D eigenvalue weighted by molar-refractivity contribution is 5.95. The molecule has 1 unspecified atom stereocenters. The number of nitro benzene ring substituents is 2. The first-order valence-electron chi connectivity index (χ1n) is 8.24. The van der Waals surface area contributed by atoms with Gasteiger partial charge in [0.15, 0.2) is 0 Å². The second kappa shape index (κ2) is 8.91. The molecule has 0 spiro atoms. The fraction of sp³-hybridized carbons (Fsp3) is 0.278. The largest absolute Gasteiger partial charge is 0.497 e. The number of nitrogens with zero attached hydrogens (tertiary/aromatic N) is 3. The summed E-state index contributed by atoms with van der Waals surface area (Å²) in [6.07, 6.45) is 0. The van der Waals surface area contributed by atoms with Crippen LogP contribution >= 0.6 is 0 Å². The smallest absolute Gasteiger partial charge is 0.277 e. The predicted molar refractivity (Wildman–Crippen MR) is 102 cm³/mol. The van der Waals surface area contributed by atoms with E-state index in [1.807, 2.05) is 19.0 Å². The lowest BCUT2D eigenvalue weighted by molar-refractivity contribution is -0.394. The van der Waals surface area contributed by atoms with E-state index in [-0.39, 0.29) is 5.56 Å². The summed E-state index contributed by atoms with van der Waals surface area (Å²) >= 11 is 0. The van der Waals surface area contributed by atoms with Gasteiger partial charge in [0.25, 0.3) is 17.3 Å². The number of nitrogens with one attached hydrogen (secondary N) is 1. The van der Waals surface area contributed by atoms with Crippen molar-refractivity contribution < 1.29 is 19.4 Å². The van der Waals surface area contributed by atoms with Crippen LogP contribution in [0.5, 0.6) is 5.75 Å². The molecule has 2 rings (SSSR count). The van der Waals surface area contributed by atoms with Crippen molar-refractivity contribution in [2.75, 3.05) is 27.7 Å². The fourth-order valence-corrected chi connectivity index (χ4v) is 2.61. The topological polar surface area (TPSA) is 128 Å². The van der Waals surface area contributed by atoms with E-state index in [4.69, 9.17) is 4.74 Å². The third kappa shape index (κ3) is 5.24. The van der Waals surface area contributed by atoms with Gasteiger partial charge in [0.1, 0.15) is 5.75 Å². The molecule has 148 valence electrons. The summed E-state index contributed by atoms with van der Waals surface area (Å²) in [6, 6.07) is 9.51. The second-order valence-electron chi connectivity index (χ2n) is 6.31. The fourth-order valence-electron chi connectivity index (χ4n) is 2.61. The SMILES string of the molecule is COc1ccc(C(CN(C)C)NC(=O)c2cc([N+](=O)[O-])cc([N+](=O)[O-])c2)cc1. The molecule has 0 radical (unpaired) electrons. The number of carbonyl (C=O) groups is 1. The van der Waals surface area contributed by atoms with Crippen LogP contribution in [0.4, 0.5) is 11.4 Å². The van der Waals surface area contributed by atoms with Crippen LogP contribution in [0.3, 0.4) is 0 Å². The van der Waals surface area contributed by atoms with Gasteiger partial charge in [-0.1, -0.05) is 12.1 Å². The lowest BCUT2D eigenvalue weighted by atomic mass is 10.0. The zero-order valence-corrected chi connectivity index (χ0v) is 15.6. The molecule has 0 aliphatic carbocycles. The van der Waals surface area contributed by atoms with E-state index in [9.17, 15) is 25.0 Å². The molecule has 10 heteroatoms. The molecule has 0 aromatic heterocycles. The van der Waals surface area contributed by atoms with Gasteiger partial charge in [0.05, 0.1) is 34.6 Å². The molecule has 2 aromatic rings. The Morgan fingerprint density at radius 1 is 1.07 bits per heavy atom. The van der Waals surface area contributed by atoms with Crippen molar-refractivity contribution in [3.8, 4) is 5.75 Å². The Bertz CT molecular complexity index is 850. The van der Waals surface area contributed by atoms with Crippen molar-refractivity contribution in [1.29, 1.82) is 0 Å². The van der Waals surface area contributed by atoms with Crippen molar-refractivity contribution in [2.45, 2.75) is 6.04 Å². The predicted octanol–water partition coefficient (Wildman–Crippen LogP) is 2.54. The minimum Gasteiger partial charge on any atom is -0.497 e. The number of hydrogen-bond acceptors (Lipinski definition) is 7. The third-order valence-electron chi connectivity index (χ3n) is 3.96. The lowest BCUT2D eigenvalue weighted by Gasteiger charge is -2.23. The Morgan fingerprint density at radius 2 is 1.61 bits per heavy atom. The van der Waals surface area contributed by atoms with Gasteiger partial charge in [-0.2, -0.15) is 0 Å². The second-order valence-corrected chi connectivity index (χ2v) is 6.31. The Balaban J connectivity index is 2.34. The maximum absolute atomic E-state index is 12.7. The molecule has 0 heterocycles. The van der Waals surface area contributed by atoms with Crippen LogP contribution in [0.1, 0.15) is 22.0 Å². The van der Waals surface area contributed by atoms with Crippen LogP contribution in [0, 0.1) is 20.2 Å². The summed E-state index contributed by atoms with van der Waals surface area (Å²) in [5.41, 5.74) is -0.401. The first-order valence-corrected chi connectivity index (χ1v) is 8.24. The van der Waals surface area contributed by atoms with E-state index in [0.29, 0.717) is 12.3 Å². The number of non-ortho nitro benzene ring substituents is 2. The van der Waals surface area contributed by atoms with Gasteiger partial charge in [-0.3, -0.25) is 25.0 Å². The van der Waals surface area contributed by atoms with Crippen LogP contribution in [0.2, 0.25) is 0 Å². The molecular weight excluding hydrogens is 368 g/mol. The van der Waals surface area contributed by atoms with Crippen molar-refractivity contribution in [3.05, 3.63) is 73.8 Å². The van der Waals surface area contributed by atoms with Gasteiger partial charge < -0.3 is 15.0 Å². The molecular formula is C18H20N4O6. The number of benzene rings is 2. The maximum Gasteiger partial charge on any atom is 0.277 e. The van der Waals surface area contributed by atoms with Crippen molar-refractivity contribution in [3.63, 3.8) is 0 Å². The number of ether oxygens (including phenoxy) is 1. The first-order chi connectivity index (χ1) is 13.2. The van der Waals surface area contributed by atoms with Gasteiger partial charge in [0.2, 0.25) is 0 Å². The highest BCUT2D eigenvalue weighted by Crippen LogP contribution is 2.24. The Labute approximate surface area is 161 Å². The van der Waals surface area contributed by atoms with E-state index in [2.05, 4.69) is 5.32 Å². The summed E-state index contributed by atoms with van der Waals surface area (Å²) in [5.74, 6) is 0.0162. The molecule has 1 N–H and O–H groups in total. The van der Waals surface area contributed by atoms with Crippen molar-refractivity contribution >= 4 is 17.3 Å². The molecule has 0 bridgehead atoms. The summed E-state index contributed by atoms with van der Waals surface area (Å²) in [5, 5.41) is 24.8. The van der Waals surface area contributed by atoms with Gasteiger partial charge in [-0.05, 0) is 31.8 Å². The highest BCUT2D eigenvalue weighted by Gasteiger charge is 2.22. The molecule has 0 fully saturated rings. The Hall–Kier alpha value is -3.53. The van der Waals surface area contributed by atoms with E-state index < -0.39 is 33.2 Å². The quantitative estimate of drug-likeness (QED) is 0.543. The Morgan fingerprint density at radius 3 is 2.04 bits per heavy atom. The monoisotopic (exact) mass is 388 g/mol. The Kier molecular flexibility index (Phi) is 6.61. The number of amides is 1. The molecule has 0 saturated carbocycles. The molecule has 2 aromatic carbocycles. The zero-order valence-electron chi connectivity index (χ0n) is 15.6. The number of carbonyl (C=O) groups excluding carboxylic acids is 1. The first kappa shape index (κ1) is 20.8. The van der Waals surface area contributed by atoms with Crippen LogP contribution < -0.4 is 10.1 Å². The molecule has 0 saturated heterocycles.